The van der Waals surface area contributed by atoms with E-state index in [1.807, 2.05) is 0 Å². The second-order valence-corrected chi connectivity index (χ2v) is 6.79. The summed E-state index contributed by atoms with van der Waals surface area (Å²) in [5.41, 5.74) is 1.27. The van der Waals surface area contributed by atoms with Crippen LogP contribution in [0.3, 0.4) is 0 Å². The molecule has 1 amide bonds. The molecule has 0 bridgehead atoms. The van der Waals surface area contributed by atoms with Crippen LogP contribution in [0.5, 0.6) is 11.6 Å². The van der Waals surface area contributed by atoms with Gasteiger partial charge in [0, 0.05) is 29.9 Å². The minimum atomic E-state index is -0.315. The smallest absolute Gasteiger partial charge is 0.251 e. The average Bonchev–Trinajstić information content (AvgIpc) is 2.69. The molecule has 0 radical (unpaired) electrons. The Labute approximate surface area is 163 Å². The Morgan fingerprint density at radius 3 is 2.46 bits per heavy atom. The maximum atomic E-state index is 13.1. The largest absolute Gasteiger partial charge is 0.439 e. The first kappa shape index (κ1) is 19.5. The number of benzene rings is 2. The van der Waals surface area contributed by atoms with Crippen LogP contribution in [-0.4, -0.2) is 22.4 Å². The van der Waals surface area contributed by atoms with E-state index in [4.69, 9.17) is 4.74 Å². The fraction of sp³-hybridized carbons (Fsp3) is 0.227. The van der Waals surface area contributed by atoms with E-state index in [2.05, 4.69) is 29.1 Å². The van der Waals surface area contributed by atoms with E-state index in [0.29, 0.717) is 41.0 Å². The third-order valence-corrected chi connectivity index (χ3v) is 4.08. The molecule has 0 saturated heterocycles. The van der Waals surface area contributed by atoms with Crippen LogP contribution in [0.25, 0.3) is 11.4 Å². The highest BCUT2D eigenvalue weighted by Gasteiger charge is 2.08. The summed E-state index contributed by atoms with van der Waals surface area (Å²) in [4.78, 5) is 20.7. The minimum Gasteiger partial charge on any atom is -0.439 e. The van der Waals surface area contributed by atoms with Gasteiger partial charge in [-0.1, -0.05) is 13.8 Å². The molecule has 0 aliphatic rings. The molecule has 0 saturated carbocycles. The standard InChI is InChI=1S/C22H22FN3O2/c1-15(2)11-13-25-22(27)17-5-9-19(10-6-17)28-20-12-14-24-21(26-20)16-3-7-18(23)8-4-16/h3-10,12,14-15H,11,13H2,1-2H3,(H,25,27). The number of halogens is 1. The average molecular weight is 379 g/mol. The topological polar surface area (TPSA) is 64.1 Å². The number of carbonyl (C=O) groups excluding carboxylic acids is 1. The van der Waals surface area contributed by atoms with Gasteiger partial charge in [-0.2, -0.15) is 4.98 Å². The van der Waals surface area contributed by atoms with Gasteiger partial charge in [-0.05, 0) is 60.9 Å². The van der Waals surface area contributed by atoms with Crippen LogP contribution in [0.4, 0.5) is 4.39 Å². The normalized spacial score (nSPS) is 10.7. The summed E-state index contributed by atoms with van der Waals surface area (Å²) in [6, 6.07) is 14.4. The highest BCUT2D eigenvalue weighted by molar-refractivity contribution is 5.94. The summed E-state index contributed by atoms with van der Waals surface area (Å²) < 4.78 is 18.8. The molecule has 0 unspecified atom stereocenters. The van der Waals surface area contributed by atoms with Gasteiger partial charge in [0.1, 0.15) is 11.6 Å². The lowest BCUT2D eigenvalue weighted by molar-refractivity contribution is 0.0952. The molecule has 1 heterocycles. The second kappa shape index (κ2) is 9.08. The van der Waals surface area contributed by atoms with Gasteiger partial charge in [0.25, 0.3) is 5.91 Å². The Kier molecular flexibility index (Phi) is 6.32. The van der Waals surface area contributed by atoms with Gasteiger partial charge in [0.2, 0.25) is 5.88 Å². The van der Waals surface area contributed by atoms with Crippen molar-refractivity contribution in [2.45, 2.75) is 20.3 Å². The molecule has 144 valence electrons. The molecule has 0 aliphatic heterocycles. The van der Waals surface area contributed by atoms with Crippen LogP contribution in [0.1, 0.15) is 30.6 Å². The second-order valence-electron chi connectivity index (χ2n) is 6.79. The molecule has 3 rings (SSSR count). The molecular formula is C22H22FN3O2. The van der Waals surface area contributed by atoms with Crippen LogP contribution in [-0.2, 0) is 0 Å². The molecule has 0 fully saturated rings. The number of hydrogen-bond acceptors (Lipinski definition) is 4. The molecule has 0 aliphatic carbocycles. The summed E-state index contributed by atoms with van der Waals surface area (Å²) in [5, 5.41) is 2.90. The van der Waals surface area contributed by atoms with Crippen molar-refractivity contribution in [1.82, 2.24) is 15.3 Å². The Morgan fingerprint density at radius 2 is 1.79 bits per heavy atom. The first-order valence-electron chi connectivity index (χ1n) is 9.16. The molecule has 1 N–H and O–H groups in total. The third kappa shape index (κ3) is 5.36. The van der Waals surface area contributed by atoms with E-state index < -0.39 is 0 Å². The first-order chi connectivity index (χ1) is 13.5. The maximum Gasteiger partial charge on any atom is 0.251 e. The van der Waals surface area contributed by atoms with Crippen molar-refractivity contribution < 1.29 is 13.9 Å². The fourth-order valence-electron chi connectivity index (χ4n) is 2.51. The predicted octanol–water partition coefficient (Wildman–Crippen LogP) is 4.85. The van der Waals surface area contributed by atoms with Crippen LogP contribution < -0.4 is 10.1 Å². The maximum absolute atomic E-state index is 13.1. The van der Waals surface area contributed by atoms with Crippen molar-refractivity contribution in [3.05, 3.63) is 72.2 Å². The lowest BCUT2D eigenvalue weighted by Crippen LogP contribution is -2.25. The summed E-state index contributed by atoms with van der Waals surface area (Å²) in [5.74, 6) is 1.49. The zero-order valence-electron chi connectivity index (χ0n) is 15.9. The highest BCUT2D eigenvalue weighted by Crippen LogP contribution is 2.22. The van der Waals surface area contributed by atoms with Crippen molar-refractivity contribution in [1.29, 1.82) is 0 Å². The lowest BCUT2D eigenvalue weighted by atomic mass is 10.1. The molecule has 0 spiro atoms. The molecule has 1 aromatic heterocycles. The summed E-state index contributed by atoms with van der Waals surface area (Å²) in [7, 11) is 0. The zero-order chi connectivity index (χ0) is 19.9. The zero-order valence-corrected chi connectivity index (χ0v) is 15.9. The van der Waals surface area contributed by atoms with Crippen molar-refractivity contribution in [2.24, 2.45) is 5.92 Å². The van der Waals surface area contributed by atoms with Crippen molar-refractivity contribution in [2.75, 3.05) is 6.54 Å². The van der Waals surface area contributed by atoms with Gasteiger partial charge < -0.3 is 10.1 Å². The number of amides is 1. The number of carbonyl (C=O) groups is 1. The Hall–Kier alpha value is -3.28. The van der Waals surface area contributed by atoms with Crippen LogP contribution in [0.2, 0.25) is 0 Å². The third-order valence-electron chi connectivity index (χ3n) is 4.08. The van der Waals surface area contributed by atoms with E-state index in [9.17, 15) is 9.18 Å². The van der Waals surface area contributed by atoms with Gasteiger partial charge in [-0.25, -0.2) is 9.37 Å². The van der Waals surface area contributed by atoms with E-state index in [0.717, 1.165) is 6.42 Å². The minimum absolute atomic E-state index is 0.104. The van der Waals surface area contributed by atoms with E-state index >= 15 is 0 Å². The Bertz CT molecular complexity index is 925. The molecule has 3 aromatic rings. The number of nitrogens with zero attached hydrogens (tertiary/aromatic N) is 2. The van der Waals surface area contributed by atoms with Crippen LogP contribution >= 0.6 is 0 Å². The number of rotatable bonds is 7. The van der Waals surface area contributed by atoms with Gasteiger partial charge in [-0.3, -0.25) is 4.79 Å². The molecule has 5 nitrogen and oxygen atoms in total. The van der Waals surface area contributed by atoms with Crippen LogP contribution in [0.15, 0.2) is 60.8 Å². The predicted molar refractivity (Wildman–Crippen MR) is 106 cm³/mol. The summed E-state index contributed by atoms with van der Waals surface area (Å²) in [6.07, 6.45) is 2.52. The molecule has 2 aromatic carbocycles. The Balaban J connectivity index is 1.65. The number of nitrogens with one attached hydrogen (secondary N) is 1. The van der Waals surface area contributed by atoms with Gasteiger partial charge in [0.15, 0.2) is 5.82 Å². The molecule has 6 heteroatoms. The molecule has 0 atom stereocenters. The quantitative estimate of drug-likeness (QED) is 0.637. The number of aromatic nitrogens is 2. The van der Waals surface area contributed by atoms with E-state index in [1.165, 1.54) is 12.1 Å². The van der Waals surface area contributed by atoms with Gasteiger partial charge in [0.05, 0.1) is 0 Å². The number of hydrogen-bond donors (Lipinski definition) is 1. The van der Waals surface area contributed by atoms with E-state index in [1.54, 1.807) is 48.7 Å². The van der Waals surface area contributed by atoms with E-state index in [-0.39, 0.29) is 11.7 Å². The first-order valence-corrected chi connectivity index (χ1v) is 9.16. The van der Waals surface area contributed by atoms with Crippen LogP contribution in [0, 0.1) is 11.7 Å². The summed E-state index contributed by atoms with van der Waals surface area (Å²) >= 11 is 0. The SMILES string of the molecule is CC(C)CCNC(=O)c1ccc(Oc2ccnc(-c3ccc(F)cc3)n2)cc1. The fourth-order valence-corrected chi connectivity index (χ4v) is 2.51. The molecular weight excluding hydrogens is 357 g/mol. The molecule has 28 heavy (non-hydrogen) atoms. The number of ether oxygens (including phenoxy) is 1. The van der Waals surface area contributed by atoms with Crippen molar-refractivity contribution >= 4 is 5.91 Å². The Morgan fingerprint density at radius 1 is 1.07 bits per heavy atom. The monoisotopic (exact) mass is 379 g/mol. The summed E-state index contributed by atoms with van der Waals surface area (Å²) in [6.45, 7) is 4.89. The van der Waals surface area contributed by atoms with Crippen molar-refractivity contribution in [3.8, 4) is 23.0 Å². The van der Waals surface area contributed by atoms with Gasteiger partial charge >= 0.3 is 0 Å². The lowest BCUT2D eigenvalue weighted by Gasteiger charge is -2.09. The van der Waals surface area contributed by atoms with Gasteiger partial charge in [-0.15, -0.1) is 0 Å². The highest BCUT2D eigenvalue weighted by atomic mass is 19.1. The van der Waals surface area contributed by atoms with Crippen molar-refractivity contribution in [3.63, 3.8) is 0 Å².